The minimum absolute atomic E-state index is 0.396. The van der Waals surface area contributed by atoms with Gasteiger partial charge in [0.05, 0.1) is 0 Å². The van der Waals surface area contributed by atoms with Crippen LogP contribution in [0.25, 0.3) is 0 Å². The van der Waals surface area contributed by atoms with Crippen molar-refractivity contribution < 1.29 is 0 Å². The van der Waals surface area contributed by atoms with Crippen LogP contribution in [-0.4, -0.2) is 6.04 Å². The molecule has 0 aromatic rings. The van der Waals surface area contributed by atoms with Gasteiger partial charge in [-0.05, 0) is 50.4 Å². The second kappa shape index (κ2) is 3.21. The van der Waals surface area contributed by atoms with E-state index in [0.717, 1.165) is 17.8 Å². The molecule has 2 rings (SSSR count). The molecule has 2 N–H and O–H groups in total. The minimum Gasteiger partial charge on any atom is -0.328 e. The molecule has 4 atom stereocenters. The zero-order valence-electron chi connectivity index (χ0n) is 7.87. The van der Waals surface area contributed by atoms with Crippen molar-refractivity contribution in [3.05, 3.63) is 12.2 Å². The number of rotatable bonds is 3. The van der Waals surface area contributed by atoms with Crippen LogP contribution >= 0.6 is 0 Å². The summed E-state index contributed by atoms with van der Waals surface area (Å²) in [5.74, 6) is 2.80. The Morgan fingerprint density at radius 1 is 1.42 bits per heavy atom. The highest BCUT2D eigenvalue weighted by Crippen LogP contribution is 2.45. The van der Waals surface area contributed by atoms with Crippen molar-refractivity contribution in [2.75, 3.05) is 0 Å². The first-order chi connectivity index (χ1) is 5.75. The van der Waals surface area contributed by atoms with Gasteiger partial charge in [0.15, 0.2) is 0 Å². The molecule has 0 heterocycles. The Bertz CT molecular complexity index is 183. The maximum atomic E-state index is 5.75. The molecule has 2 aliphatic rings. The van der Waals surface area contributed by atoms with Crippen LogP contribution in [-0.2, 0) is 0 Å². The number of fused-ring (bicyclic) bond motifs is 2. The topological polar surface area (TPSA) is 26.0 Å². The molecule has 0 aromatic heterocycles. The largest absolute Gasteiger partial charge is 0.328 e. The fourth-order valence-electron chi connectivity index (χ4n) is 2.70. The molecule has 1 heteroatoms. The smallest absolute Gasteiger partial charge is 0.00105 e. The second-order valence-corrected chi connectivity index (χ2v) is 4.59. The van der Waals surface area contributed by atoms with Gasteiger partial charge >= 0.3 is 0 Å². The lowest BCUT2D eigenvalue weighted by Gasteiger charge is -2.18. The van der Waals surface area contributed by atoms with Gasteiger partial charge in [-0.1, -0.05) is 12.2 Å². The predicted octanol–water partition coefficient (Wildman–Crippen LogP) is 2.33. The highest BCUT2D eigenvalue weighted by molar-refractivity contribution is 5.09. The third-order valence-electron chi connectivity index (χ3n) is 3.41. The summed E-state index contributed by atoms with van der Waals surface area (Å²) in [6, 6.07) is 0.396. The second-order valence-electron chi connectivity index (χ2n) is 4.59. The summed E-state index contributed by atoms with van der Waals surface area (Å²) < 4.78 is 0. The maximum absolute atomic E-state index is 5.75. The van der Waals surface area contributed by atoms with Gasteiger partial charge < -0.3 is 5.73 Å². The number of nitrogens with two attached hydrogens (primary N) is 1. The van der Waals surface area contributed by atoms with E-state index in [4.69, 9.17) is 5.73 Å². The zero-order chi connectivity index (χ0) is 8.55. The van der Waals surface area contributed by atoms with E-state index in [2.05, 4.69) is 19.1 Å². The summed E-state index contributed by atoms with van der Waals surface area (Å²) in [7, 11) is 0. The molecule has 3 unspecified atom stereocenters. The Balaban J connectivity index is 1.80. The van der Waals surface area contributed by atoms with Crippen LogP contribution in [0.4, 0.5) is 0 Å². The molecule has 12 heavy (non-hydrogen) atoms. The fourth-order valence-corrected chi connectivity index (χ4v) is 2.70. The van der Waals surface area contributed by atoms with Crippen LogP contribution in [0.2, 0.25) is 0 Å². The third kappa shape index (κ3) is 1.56. The Hall–Kier alpha value is -0.300. The van der Waals surface area contributed by atoms with E-state index >= 15 is 0 Å². The monoisotopic (exact) mass is 165 g/mol. The zero-order valence-corrected chi connectivity index (χ0v) is 7.87. The first-order valence-corrected chi connectivity index (χ1v) is 5.19. The van der Waals surface area contributed by atoms with Crippen molar-refractivity contribution in [3.8, 4) is 0 Å². The van der Waals surface area contributed by atoms with Gasteiger partial charge in [0.2, 0.25) is 0 Å². The van der Waals surface area contributed by atoms with E-state index in [1.807, 2.05) is 0 Å². The predicted molar refractivity (Wildman–Crippen MR) is 51.7 cm³/mol. The molecular formula is C11H19N. The lowest BCUT2D eigenvalue weighted by atomic mass is 9.88. The summed E-state index contributed by atoms with van der Waals surface area (Å²) in [5.41, 5.74) is 5.75. The third-order valence-corrected chi connectivity index (χ3v) is 3.41. The summed E-state index contributed by atoms with van der Waals surface area (Å²) >= 11 is 0. The highest BCUT2D eigenvalue weighted by Gasteiger charge is 2.34. The van der Waals surface area contributed by atoms with Crippen molar-refractivity contribution in [2.24, 2.45) is 23.5 Å². The molecule has 0 saturated heterocycles. The lowest BCUT2D eigenvalue weighted by Crippen LogP contribution is -2.17. The standard InChI is InChI=1S/C11H19N/c1-8(12)2-4-10-6-9-3-5-11(10)7-9/h3,5,8-11H,2,4,6-7,12H2,1H3/t8-,9?,10?,11?/m1/s1. The minimum atomic E-state index is 0.396. The van der Waals surface area contributed by atoms with E-state index in [-0.39, 0.29) is 0 Å². The van der Waals surface area contributed by atoms with E-state index in [1.165, 1.54) is 25.7 Å². The Kier molecular flexibility index (Phi) is 2.22. The average molecular weight is 165 g/mol. The average Bonchev–Trinajstić information content (AvgIpc) is 2.60. The molecular weight excluding hydrogens is 146 g/mol. The van der Waals surface area contributed by atoms with Crippen LogP contribution in [0.5, 0.6) is 0 Å². The summed E-state index contributed by atoms with van der Waals surface area (Å²) in [4.78, 5) is 0. The van der Waals surface area contributed by atoms with Gasteiger partial charge in [-0.25, -0.2) is 0 Å². The van der Waals surface area contributed by atoms with Crippen LogP contribution < -0.4 is 5.73 Å². The van der Waals surface area contributed by atoms with E-state index < -0.39 is 0 Å². The summed E-state index contributed by atoms with van der Waals surface area (Å²) in [5, 5.41) is 0. The van der Waals surface area contributed by atoms with Gasteiger partial charge in [-0.2, -0.15) is 0 Å². The van der Waals surface area contributed by atoms with Gasteiger partial charge in [0.25, 0.3) is 0 Å². The van der Waals surface area contributed by atoms with Gasteiger partial charge in [0, 0.05) is 6.04 Å². The van der Waals surface area contributed by atoms with Crippen molar-refractivity contribution in [1.82, 2.24) is 0 Å². The molecule has 2 aliphatic carbocycles. The van der Waals surface area contributed by atoms with Gasteiger partial charge in [0.1, 0.15) is 0 Å². The van der Waals surface area contributed by atoms with Crippen molar-refractivity contribution in [3.63, 3.8) is 0 Å². The molecule has 0 amide bonds. The van der Waals surface area contributed by atoms with Crippen molar-refractivity contribution >= 4 is 0 Å². The maximum Gasteiger partial charge on any atom is 0.00105 e. The van der Waals surface area contributed by atoms with Crippen LogP contribution in [0, 0.1) is 17.8 Å². The Morgan fingerprint density at radius 3 is 2.75 bits per heavy atom. The van der Waals surface area contributed by atoms with Gasteiger partial charge in [-0.15, -0.1) is 0 Å². The molecule has 0 aromatic carbocycles. The first kappa shape index (κ1) is 8.31. The van der Waals surface area contributed by atoms with Gasteiger partial charge in [-0.3, -0.25) is 0 Å². The quantitative estimate of drug-likeness (QED) is 0.638. The highest BCUT2D eigenvalue weighted by atomic mass is 14.6. The molecule has 0 aliphatic heterocycles. The van der Waals surface area contributed by atoms with E-state index in [9.17, 15) is 0 Å². The van der Waals surface area contributed by atoms with Crippen molar-refractivity contribution in [2.45, 2.75) is 38.6 Å². The molecule has 1 saturated carbocycles. The van der Waals surface area contributed by atoms with Crippen LogP contribution in [0.1, 0.15) is 32.6 Å². The number of allylic oxidation sites excluding steroid dienone is 2. The molecule has 2 bridgehead atoms. The lowest BCUT2D eigenvalue weighted by molar-refractivity contribution is 0.390. The molecule has 0 spiro atoms. The fraction of sp³-hybridized carbons (Fsp3) is 0.818. The molecule has 68 valence electrons. The number of hydrogen-bond acceptors (Lipinski definition) is 1. The molecule has 1 fully saturated rings. The SMILES string of the molecule is C[C@@H](N)CCC1CC2C=CC1C2. The van der Waals surface area contributed by atoms with Crippen molar-refractivity contribution in [1.29, 1.82) is 0 Å². The first-order valence-electron chi connectivity index (χ1n) is 5.19. The summed E-state index contributed by atoms with van der Waals surface area (Å²) in [6.45, 7) is 2.11. The van der Waals surface area contributed by atoms with Crippen LogP contribution in [0.3, 0.4) is 0 Å². The van der Waals surface area contributed by atoms with Crippen LogP contribution in [0.15, 0.2) is 12.2 Å². The normalized spacial score (nSPS) is 40.7. The molecule has 1 nitrogen and oxygen atoms in total. The van der Waals surface area contributed by atoms with E-state index in [1.54, 1.807) is 0 Å². The molecule has 0 radical (unpaired) electrons. The Labute approximate surface area is 75.0 Å². The summed E-state index contributed by atoms with van der Waals surface area (Å²) in [6.07, 6.45) is 10.3. The Morgan fingerprint density at radius 2 is 2.25 bits per heavy atom. The van der Waals surface area contributed by atoms with E-state index in [0.29, 0.717) is 6.04 Å². The number of hydrogen-bond donors (Lipinski definition) is 1.